The van der Waals surface area contributed by atoms with Crippen LogP contribution in [0.4, 0.5) is 4.39 Å². The molecule has 0 heterocycles. The SMILES string of the molecule is Fc1ccc(CC/N=C/c2ccc(OCc3ccccc3)cc2)cc1. The van der Waals surface area contributed by atoms with Gasteiger partial charge in [-0.2, -0.15) is 0 Å². The third-order valence-corrected chi connectivity index (χ3v) is 3.81. The highest BCUT2D eigenvalue weighted by Gasteiger charge is 1.96. The van der Waals surface area contributed by atoms with Gasteiger partial charge < -0.3 is 4.74 Å². The molecule has 0 aromatic heterocycles. The molecule has 25 heavy (non-hydrogen) atoms. The van der Waals surface area contributed by atoms with Crippen LogP contribution in [0.2, 0.25) is 0 Å². The Hall–Kier alpha value is -2.94. The van der Waals surface area contributed by atoms with E-state index in [-0.39, 0.29) is 5.82 Å². The Morgan fingerprint density at radius 3 is 2.24 bits per heavy atom. The highest BCUT2D eigenvalue weighted by atomic mass is 19.1. The van der Waals surface area contributed by atoms with E-state index in [1.807, 2.05) is 60.8 Å². The fourth-order valence-electron chi connectivity index (χ4n) is 2.41. The van der Waals surface area contributed by atoms with Crippen LogP contribution in [0.25, 0.3) is 0 Å². The quantitative estimate of drug-likeness (QED) is 0.553. The fourth-order valence-corrected chi connectivity index (χ4v) is 2.41. The number of hydrogen-bond donors (Lipinski definition) is 0. The molecule has 0 radical (unpaired) electrons. The first-order chi connectivity index (χ1) is 12.3. The summed E-state index contributed by atoms with van der Waals surface area (Å²) in [6, 6.07) is 24.5. The summed E-state index contributed by atoms with van der Waals surface area (Å²) >= 11 is 0. The lowest BCUT2D eigenvalue weighted by Gasteiger charge is -2.06. The molecule has 3 aromatic rings. The van der Waals surface area contributed by atoms with Crippen molar-refractivity contribution in [2.45, 2.75) is 13.0 Å². The van der Waals surface area contributed by atoms with Crippen LogP contribution in [0.3, 0.4) is 0 Å². The van der Waals surface area contributed by atoms with Crippen molar-refractivity contribution >= 4 is 6.21 Å². The minimum Gasteiger partial charge on any atom is -0.489 e. The van der Waals surface area contributed by atoms with E-state index in [0.717, 1.165) is 28.9 Å². The second kappa shape index (κ2) is 8.78. The lowest BCUT2D eigenvalue weighted by atomic mass is 10.1. The van der Waals surface area contributed by atoms with E-state index in [4.69, 9.17) is 4.74 Å². The molecule has 0 aliphatic heterocycles. The predicted octanol–water partition coefficient (Wildman–Crippen LogP) is 5.07. The standard InChI is InChI=1S/C22H20FNO/c23-21-10-6-18(7-11-21)14-15-24-16-19-8-12-22(13-9-19)25-17-20-4-2-1-3-5-20/h1-13,16H,14-15,17H2/b24-16+. The van der Waals surface area contributed by atoms with Crippen LogP contribution in [0, 0.1) is 5.82 Å². The summed E-state index contributed by atoms with van der Waals surface area (Å²) in [6.45, 7) is 1.24. The first kappa shape index (κ1) is 16.9. The molecule has 126 valence electrons. The smallest absolute Gasteiger partial charge is 0.123 e. The predicted molar refractivity (Wildman–Crippen MR) is 99.8 cm³/mol. The summed E-state index contributed by atoms with van der Waals surface area (Å²) in [5.41, 5.74) is 3.27. The zero-order valence-electron chi connectivity index (χ0n) is 13.9. The Kier molecular flexibility index (Phi) is 5.94. The Balaban J connectivity index is 1.46. The molecule has 0 amide bonds. The van der Waals surface area contributed by atoms with Gasteiger partial charge in [0.05, 0.1) is 0 Å². The minimum absolute atomic E-state index is 0.207. The highest BCUT2D eigenvalue weighted by molar-refractivity contribution is 5.79. The van der Waals surface area contributed by atoms with Gasteiger partial charge in [0.15, 0.2) is 0 Å². The molecule has 0 aliphatic rings. The zero-order valence-corrected chi connectivity index (χ0v) is 13.9. The van der Waals surface area contributed by atoms with Crippen LogP contribution in [0.15, 0.2) is 83.9 Å². The van der Waals surface area contributed by atoms with Gasteiger partial charge in [0.1, 0.15) is 18.2 Å². The largest absolute Gasteiger partial charge is 0.489 e. The van der Waals surface area contributed by atoms with Gasteiger partial charge in [0, 0.05) is 12.8 Å². The summed E-state index contributed by atoms with van der Waals surface area (Å²) in [7, 11) is 0. The fraction of sp³-hybridized carbons (Fsp3) is 0.136. The van der Waals surface area contributed by atoms with Crippen LogP contribution in [-0.2, 0) is 13.0 Å². The summed E-state index contributed by atoms with van der Waals surface area (Å²) in [5, 5.41) is 0. The van der Waals surface area contributed by atoms with Crippen molar-refractivity contribution in [3.05, 3.63) is 101 Å². The summed E-state index contributed by atoms with van der Waals surface area (Å²) in [5.74, 6) is 0.633. The first-order valence-corrected chi connectivity index (χ1v) is 8.31. The summed E-state index contributed by atoms with van der Waals surface area (Å²) < 4.78 is 18.6. The molecule has 0 unspecified atom stereocenters. The van der Waals surface area contributed by atoms with Crippen molar-refractivity contribution in [3.63, 3.8) is 0 Å². The molecule has 0 spiro atoms. The Bertz CT molecular complexity index is 796. The molecule has 0 saturated heterocycles. The molecule has 0 bridgehead atoms. The lowest BCUT2D eigenvalue weighted by Crippen LogP contribution is -1.95. The maximum absolute atomic E-state index is 12.8. The van der Waals surface area contributed by atoms with Gasteiger partial charge in [-0.05, 0) is 59.5 Å². The molecule has 3 rings (SSSR count). The Morgan fingerprint density at radius 1 is 0.800 bits per heavy atom. The van der Waals surface area contributed by atoms with Crippen LogP contribution in [0.1, 0.15) is 16.7 Å². The minimum atomic E-state index is -0.207. The van der Waals surface area contributed by atoms with Gasteiger partial charge in [0.25, 0.3) is 0 Å². The van der Waals surface area contributed by atoms with E-state index in [2.05, 4.69) is 4.99 Å². The van der Waals surface area contributed by atoms with E-state index in [1.165, 1.54) is 12.1 Å². The monoisotopic (exact) mass is 333 g/mol. The van der Waals surface area contributed by atoms with Crippen molar-refractivity contribution in [1.29, 1.82) is 0 Å². The molecule has 0 aliphatic carbocycles. The van der Waals surface area contributed by atoms with Crippen molar-refractivity contribution in [2.24, 2.45) is 4.99 Å². The van der Waals surface area contributed by atoms with Gasteiger partial charge in [-0.3, -0.25) is 4.99 Å². The Morgan fingerprint density at radius 2 is 1.52 bits per heavy atom. The van der Waals surface area contributed by atoms with Gasteiger partial charge in [0.2, 0.25) is 0 Å². The van der Waals surface area contributed by atoms with E-state index >= 15 is 0 Å². The highest BCUT2D eigenvalue weighted by Crippen LogP contribution is 2.13. The maximum atomic E-state index is 12.8. The molecule has 0 atom stereocenters. The number of ether oxygens (including phenoxy) is 1. The molecule has 0 saturated carbocycles. The zero-order chi connectivity index (χ0) is 17.3. The van der Waals surface area contributed by atoms with Crippen molar-refractivity contribution in [2.75, 3.05) is 6.54 Å². The molecule has 3 heteroatoms. The van der Waals surface area contributed by atoms with Crippen molar-refractivity contribution in [1.82, 2.24) is 0 Å². The number of nitrogens with zero attached hydrogens (tertiary/aromatic N) is 1. The average molecular weight is 333 g/mol. The topological polar surface area (TPSA) is 21.6 Å². The summed E-state index contributed by atoms with van der Waals surface area (Å²) in [6.07, 6.45) is 2.65. The second-order valence-corrected chi connectivity index (χ2v) is 5.76. The molecule has 3 aromatic carbocycles. The third-order valence-electron chi connectivity index (χ3n) is 3.81. The number of rotatable bonds is 7. The number of hydrogen-bond acceptors (Lipinski definition) is 2. The number of halogens is 1. The first-order valence-electron chi connectivity index (χ1n) is 8.31. The van der Waals surface area contributed by atoms with Gasteiger partial charge >= 0.3 is 0 Å². The molecular formula is C22H20FNO. The van der Waals surface area contributed by atoms with Gasteiger partial charge in [-0.1, -0.05) is 42.5 Å². The molecular weight excluding hydrogens is 313 g/mol. The summed E-state index contributed by atoms with van der Waals surface area (Å²) in [4.78, 5) is 4.42. The van der Waals surface area contributed by atoms with E-state index < -0.39 is 0 Å². The van der Waals surface area contributed by atoms with Gasteiger partial charge in [-0.25, -0.2) is 4.39 Å². The molecule has 2 nitrogen and oxygen atoms in total. The van der Waals surface area contributed by atoms with Crippen LogP contribution < -0.4 is 4.74 Å². The maximum Gasteiger partial charge on any atom is 0.123 e. The van der Waals surface area contributed by atoms with Crippen LogP contribution >= 0.6 is 0 Å². The van der Waals surface area contributed by atoms with Crippen molar-refractivity contribution < 1.29 is 9.13 Å². The molecule has 0 fully saturated rings. The van der Waals surface area contributed by atoms with Crippen molar-refractivity contribution in [3.8, 4) is 5.75 Å². The van der Waals surface area contributed by atoms with E-state index in [1.54, 1.807) is 12.1 Å². The number of benzene rings is 3. The van der Waals surface area contributed by atoms with Crippen LogP contribution in [-0.4, -0.2) is 12.8 Å². The average Bonchev–Trinajstić information content (AvgIpc) is 2.67. The van der Waals surface area contributed by atoms with Crippen LogP contribution in [0.5, 0.6) is 5.75 Å². The molecule has 0 N–H and O–H groups in total. The third kappa shape index (κ3) is 5.57. The second-order valence-electron chi connectivity index (χ2n) is 5.76. The van der Waals surface area contributed by atoms with E-state index in [0.29, 0.717) is 13.2 Å². The van der Waals surface area contributed by atoms with Gasteiger partial charge in [-0.15, -0.1) is 0 Å². The number of aliphatic imine (C=N–C) groups is 1. The Labute approximate surface area is 147 Å². The normalized spacial score (nSPS) is 10.9. The lowest BCUT2D eigenvalue weighted by molar-refractivity contribution is 0.306. The van der Waals surface area contributed by atoms with E-state index in [9.17, 15) is 4.39 Å².